The van der Waals surface area contributed by atoms with E-state index in [9.17, 15) is 9.59 Å². The first-order chi connectivity index (χ1) is 11.5. The fourth-order valence-corrected chi connectivity index (χ4v) is 3.08. The zero-order valence-electron chi connectivity index (χ0n) is 15.0. The molecule has 0 fully saturated rings. The van der Waals surface area contributed by atoms with Crippen LogP contribution in [0.5, 0.6) is 0 Å². The maximum Gasteiger partial charge on any atom is 0.243 e. The molecule has 132 valence electrons. The van der Waals surface area contributed by atoms with E-state index < -0.39 is 6.04 Å². The molecule has 0 radical (unpaired) electrons. The number of carbonyl (C=O) groups is 2. The van der Waals surface area contributed by atoms with Gasteiger partial charge in [0.2, 0.25) is 11.8 Å². The lowest BCUT2D eigenvalue weighted by molar-refractivity contribution is -0.142. The summed E-state index contributed by atoms with van der Waals surface area (Å²) in [6.07, 6.45) is 1.95. The highest BCUT2D eigenvalue weighted by Crippen LogP contribution is 2.24. The zero-order valence-corrected chi connectivity index (χ0v) is 15.0. The number of hydrogen-bond acceptors (Lipinski definition) is 3. The Morgan fingerprint density at radius 2 is 1.92 bits per heavy atom. The average molecular weight is 331 g/mol. The van der Waals surface area contributed by atoms with Crippen LogP contribution in [-0.2, 0) is 22.6 Å². The Kier molecular flexibility index (Phi) is 6.79. The van der Waals surface area contributed by atoms with Crippen LogP contribution in [0.15, 0.2) is 24.3 Å². The van der Waals surface area contributed by atoms with Gasteiger partial charge < -0.3 is 15.5 Å². The molecule has 5 heteroatoms. The molecule has 1 unspecified atom stereocenters. The summed E-state index contributed by atoms with van der Waals surface area (Å²) in [7, 11) is 1.90. The van der Waals surface area contributed by atoms with Crippen LogP contribution in [0.4, 0.5) is 0 Å². The summed E-state index contributed by atoms with van der Waals surface area (Å²) in [5.74, 6) is 0.307. The molecule has 2 N–H and O–H groups in total. The second-order valence-electron chi connectivity index (χ2n) is 6.86. The minimum Gasteiger partial charge on any atom is -0.354 e. The third kappa shape index (κ3) is 4.81. The molecule has 0 saturated carbocycles. The molecule has 0 bridgehead atoms. The van der Waals surface area contributed by atoms with Crippen LogP contribution in [0.25, 0.3) is 0 Å². The van der Waals surface area contributed by atoms with E-state index in [1.807, 2.05) is 39.1 Å². The Morgan fingerprint density at radius 1 is 1.21 bits per heavy atom. The van der Waals surface area contributed by atoms with Gasteiger partial charge in [-0.05, 0) is 37.1 Å². The molecule has 1 aromatic rings. The van der Waals surface area contributed by atoms with Crippen molar-refractivity contribution < 1.29 is 9.59 Å². The van der Waals surface area contributed by atoms with Gasteiger partial charge in [0.15, 0.2) is 0 Å². The van der Waals surface area contributed by atoms with Gasteiger partial charge in [0, 0.05) is 25.9 Å². The lowest BCUT2D eigenvalue weighted by atomic mass is 9.92. The Morgan fingerprint density at radius 3 is 2.58 bits per heavy atom. The van der Waals surface area contributed by atoms with Gasteiger partial charge in [-0.2, -0.15) is 0 Å². The van der Waals surface area contributed by atoms with Crippen molar-refractivity contribution >= 4 is 11.8 Å². The monoisotopic (exact) mass is 331 g/mol. The Balaban J connectivity index is 2.11. The number of hydrogen-bond donors (Lipinski definition) is 2. The maximum absolute atomic E-state index is 12.6. The van der Waals surface area contributed by atoms with E-state index in [-0.39, 0.29) is 17.7 Å². The molecular formula is C19H29N3O2. The van der Waals surface area contributed by atoms with Gasteiger partial charge in [-0.1, -0.05) is 38.1 Å². The molecular weight excluding hydrogens is 302 g/mol. The molecule has 2 amide bonds. The summed E-state index contributed by atoms with van der Waals surface area (Å²) >= 11 is 0. The van der Waals surface area contributed by atoms with Crippen LogP contribution in [0, 0.1) is 5.92 Å². The topological polar surface area (TPSA) is 61.4 Å². The van der Waals surface area contributed by atoms with Crippen molar-refractivity contribution in [1.82, 2.24) is 15.5 Å². The largest absolute Gasteiger partial charge is 0.354 e. The average Bonchev–Trinajstić information content (AvgIpc) is 2.56. The summed E-state index contributed by atoms with van der Waals surface area (Å²) in [5.41, 5.74) is 2.32. The maximum atomic E-state index is 12.6. The third-order valence-corrected chi connectivity index (χ3v) is 4.36. The molecule has 1 heterocycles. The van der Waals surface area contributed by atoms with E-state index in [0.29, 0.717) is 25.9 Å². The predicted octanol–water partition coefficient (Wildman–Crippen LogP) is 1.71. The normalized spacial score (nSPS) is 16.8. The van der Waals surface area contributed by atoms with Crippen molar-refractivity contribution in [1.29, 1.82) is 0 Å². The minimum absolute atomic E-state index is 0.0438. The van der Waals surface area contributed by atoms with Gasteiger partial charge in [0.05, 0.1) is 0 Å². The number of carbonyl (C=O) groups excluding carboxylic acids is 2. The van der Waals surface area contributed by atoms with Crippen molar-refractivity contribution in [3.05, 3.63) is 35.4 Å². The van der Waals surface area contributed by atoms with E-state index in [2.05, 4.69) is 16.7 Å². The molecule has 1 atom stereocenters. The van der Waals surface area contributed by atoms with Crippen molar-refractivity contribution in [3.63, 3.8) is 0 Å². The van der Waals surface area contributed by atoms with Crippen molar-refractivity contribution in [2.24, 2.45) is 5.92 Å². The van der Waals surface area contributed by atoms with Crippen LogP contribution >= 0.6 is 0 Å². The summed E-state index contributed by atoms with van der Waals surface area (Å²) < 4.78 is 0. The molecule has 0 aromatic heterocycles. The van der Waals surface area contributed by atoms with Crippen LogP contribution < -0.4 is 10.6 Å². The lowest BCUT2D eigenvalue weighted by Gasteiger charge is -2.36. The summed E-state index contributed by atoms with van der Waals surface area (Å²) in [6, 6.07) is 7.68. The number of fused-ring (bicyclic) bond motifs is 1. The van der Waals surface area contributed by atoms with Gasteiger partial charge in [0.1, 0.15) is 6.04 Å². The van der Waals surface area contributed by atoms with E-state index in [0.717, 1.165) is 18.5 Å². The van der Waals surface area contributed by atoms with E-state index >= 15 is 0 Å². The van der Waals surface area contributed by atoms with Crippen molar-refractivity contribution in [3.8, 4) is 0 Å². The molecule has 2 rings (SSSR count). The third-order valence-electron chi connectivity index (χ3n) is 4.36. The number of nitrogens with one attached hydrogen (secondary N) is 2. The first-order valence-electron chi connectivity index (χ1n) is 8.81. The molecule has 1 aliphatic heterocycles. The summed E-state index contributed by atoms with van der Waals surface area (Å²) in [6.45, 7) is 6.08. The van der Waals surface area contributed by atoms with Gasteiger partial charge >= 0.3 is 0 Å². The zero-order chi connectivity index (χ0) is 17.5. The second kappa shape index (κ2) is 8.83. The van der Waals surface area contributed by atoms with E-state index in [4.69, 9.17) is 0 Å². The van der Waals surface area contributed by atoms with Gasteiger partial charge in [0.25, 0.3) is 0 Å². The van der Waals surface area contributed by atoms with Gasteiger partial charge in [-0.3, -0.25) is 9.59 Å². The smallest absolute Gasteiger partial charge is 0.243 e. The quantitative estimate of drug-likeness (QED) is 0.748. The molecule has 0 aliphatic carbocycles. The molecule has 1 aliphatic rings. The Hall–Kier alpha value is -1.88. The van der Waals surface area contributed by atoms with Crippen molar-refractivity contribution in [2.45, 2.75) is 45.7 Å². The molecule has 0 saturated heterocycles. The highest BCUT2D eigenvalue weighted by molar-refractivity contribution is 5.88. The highest BCUT2D eigenvalue weighted by atomic mass is 16.2. The fourth-order valence-electron chi connectivity index (χ4n) is 3.08. The summed E-state index contributed by atoms with van der Waals surface area (Å²) in [4.78, 5) is 27.1. The number of benzene rings is 1. The highest BCUT2D eigenvalue weighted by Gasteiger charge is 2.34. The van der Waals surface area contributed by atoms with Gasteiger partial charge in [-0.25, -0.2) is 0 Å². The molecule has 0 spiro atoms. The Bertz CT molecular complexity index is 571. The molecule has 5 nitrogen and oxygen atoms in total. The predicted molar refractivity (Wildman–Crippen MR) is 95.5 cm³/mol. The van der Waals surface area contributed by atoms with E-state index in [1.165, 1.54) is 5.56 Å². The first kappa shape index (κ1) is 18.5. The Labute approximate surface area is 144 Å². The number of rotatable bonds is 7. The number of amides is 2. The number of nitrogens with zero attached hydrogens (tertiary/aromatic N) is 1. The molecule has 1 aromatic carbocycles. The fraction of sp³-hybridized carbons (Fsp3) is 0.579. The SMILES string of the molecule is CNCCCNC(=O)C1Cc2ccccc2CN1C(=O)CC(C)C. The molecule has 24 heavy (non-hydrogen) atoms. The van der Waals surface area contributed by atoms with Crippen molar-refractivity contribution in [2.75, 3.05) is 20.1 Å². The standard InChI is InChI=1S/C19H29N3O2/c1-14(2)11-18(23)22-13-16-8-5-4-7-15(16)12-17(22)19(24)21-10-6-9-20-3/h4-5,7-8,14,17,20H,6,9-13H2,1-3H3,(H,21,24). The summed E-state index contributed by atoms with van der Waals surface area (Å²) in [5, 5.41) is 6.05. The second-order valence-corrected chi connectivity index (χ2v) is 6.86. The van der Waals surface area contributed by atoms with Crippen LogP contribution in [0.1, 0.15) is 37.8 Å². The van der Waals surface area contributed by atoms with Gasteiger partial charge in [-0.15, -0.1) is 0 Å². The van der Waals surface area contributed by atoms with Crippen LogP contribution in [0.3, 0.4) is 0 Å². The van der Waals surface area contributed by atoms with Crippen LogP contribution in [0.2, 0.25) is 0 Å². The van der Waals surface area contributed by atoms with Crippen LogP contribution in [-0.4, -0.2) is 42.9 Å². The lowest BCUT2D eigenvalue weighted by Crippen LogP contribution is -2.53. The first-order valence-corrected chi connectivity index (χ1v) is 8.81. The minimum atomic E-state index is -0.402. The van der Waals surface area contributed by atoms with E-state index in [1.54, 1.807) is 4.90 Å².